The Hall–Kier alpha value is -0.250. The van der Waals surface area contributed by atoms with Crippen LogP contribution in [0.3, 0.4) is 0 Å². The molecule has 0 aliphatic heterocycles. The lowest BCUT2D eigenvalue weighted by molar-refractivity contribution is -0.328. The average Bonchev–Trinajstić information content (AvgIpc) is 1.81. The van der Waals surface area contributed by atoms with Crippen LogP contribution in [-0.4, -0.2) is 13.0 Å². The number of halogens is 3. The predicted octanol–water partition coefficient (Wildman–Crippen LogP) is 2.57. The molecule has 62 valence electrons. The molecule has 4 heteroatoms. The van der Waals surface area contributed by atoms with E-state index in [4.69, 9.17) is 0 Å². The van der Waals surface area contributed by atoms with E-state index in [-0.39, 0.29) is 12.5 Å². The highest BCUT2D eigenvalue weighted by Gasteiger charge is 2.29. The predicted molar refractivity (Wildman–Crippen MR) is 31.5 cm³/mol. The first-order chi connectivity index (χ1) is 4.45. The molecule has 0 bridgehead atoms. The summed E-state index contributed by atoms with van der Waals surface area (Å²) in [5.74, 6) is -0.0263. The Morgan fingerprint density at radius 1 is 1.40 bits per heavy atom. The zero-order valence-corrected chi connectivity index (χ0v) is 6.03. The van der Waals surface area contributed by atoms with Crippen LogP contribution in [0.4, 0.5) is 13.2 Å². The molecule has 1 nitrogen and oxygen atoms in total. The summed E-state index contributed by atoms with van der Waals surface area (Å²) in [5, 5.41) is 0. The number of alkyl halides is 3. The Balaban J connectivity index is 3.36. The van der Waals surface area contributed by atoms with Crippen LogP contribution in [0.5, 0.6) is 0 Å². The molecule has 0 saturated carbocycles. The van der Waals surface area contributed by atoms with Crippen molar-refractivity contribution >= 4 is 0 Å². The second kappa shape index (κ2) is 3.81. The van der Waals surface area contributed by atoms with Gasteiger partial charge in [-0.15, -0.1) is 13.2 Å². The summed E-state index contributed by atoms with van der Waals surface area (Å²) in [5.41, 5.74) is 0. The van der Waals surface area contributed by atoms with Crippen molar-refractivity contribution in [3.05, 3.63) is 0 Å². The van der Waals surface area contributed by atoms with Crippen molar-refractivity contribution in [1.29, 1.82) is 0 Å². The number of hydrogen-bond acceptors (Lipinski definition) is 1. The van der Waals surface area contributed by atoms with Gasteiger partial charge < -0.3 is 0 Å². The highest BCUT2D eigenvalue weighted by atomic mass is 19.4. The SMILES string of the molecule is CC[C@@H](C)COC(F)(F)F. The third-order valence-electron chi connectivity index (χ3n) is 1.23. The zero-order chi connectivity index (χ0) is 8.20. The maximum atomic E-state index is 11.3. The van der Waals surface area contributed by atoms with Crippen molar-refractivity contribution in [3.63, 3.8) is 0 Å². The molecule has 0 unspecified atom stereocenters. The first kappa shape index (κ1) is 9.75. The highest BCUT2D eigenvalue weighted by molar-refractivity contribution is 4.46. The van der Waals surface area contributed by atoms with Gasteiger partial charge in [-0.25, -0.2) is 0 Å². The second-order valence-corrected chi connectivity index (χ2v) is 2.27. The largest absolute Gasteiger partial charge is 0.522 e. The van der Waals surface area contributed by atoms with Crippen LogP contribution in [-0.2, 0) is 4.74 Å². The lowest BCUT2D eigenvalue weighted by Crippen LogP contribution is -2.17. The molecule has 10 heavy (non-hydrogen) atoms. The fourth-order valence-electron chi connectivity index (χ4n) is 0.355. The normalized spacial score (nSPS) is 15.3. The summed E-state index contributed by atoms with van der Waals surface area (Å²) in [7, 11) is 0. The van der Waals surface area contributed by atoms with Gasteiger partial charge in [-0.2, -0.15) is 0 Å². The minimum Gasteiger partial charge on any atom is -0.292 e. The molecule has 0 aliphatic rings. The van der Waals surface area contributed by atoms with E-state index in [1.165, 1.54) is 0 Å². The standard InChI is InChI=1S/C6H11F3O/c1-3-5(2)4-10-6(7,8)9/h5H,3-4H2,1-2H3/t5-/m1/s1. The number of ether oxygens (including phenoxy) is 1. The minimum atomic E-state index is -4.47. The van der Waals surface area contributed by atoms with E-state index in [0.717, 1.165) is 0 Å². The maximum absolute atomic E-state index is 11.3. The van der Waals surface area contributed by atoms with Crippen LogP contribution in [0, 0.1) is 5.92 Å². The lowest BCUT2D eigenvalue weighted by Gasteiger charge is -2.10. The third kappa shape index (κ3) is 5.88. The quantitative estimate of drug-likeness (QED) is 0.610. The van der Waals surface area contributed by atoms with E-state index in [2.05, 4.69) is 4.74 Å². The maximum Gasteiger partial charge on any atom is 0.522 e. The van der Waals surface area contributed by atoms with E-state index in [1.54, 1.807) is 6.92 Å². The molecule has 1 atom stereocenters. The molecule has 0 N–H and O–H groups in total. The van der Waals surface area contributed by atoms with Crippen LogP contribution in [0.2, 0.25) is 0 Å². The summed E-state index contributed by atoms with van der Waals surface area (Å²) >= 11 is 0. The monoisotopic (exact) mass is 156 g/mol. The van der Waals surface area contributed by atoms with Crippen LogP contribution in [0.25, 0.3) is 0 Å². The van der Waals surface area contributed by atoms with Crippen LogP contribution in [0.15, 0.2) is 0 Å². The molecule has 0 aromatic rings. The van der Waals surface area contributed by atoms with Gasteiger partial charge in [0.15, 0.2) is 0 Å². The van der Waals surface area contributed by atoms with Gasteiger partial charge in [-0.1, -0.05) is 20.3 Å². The van der Waals surface area contributed by atoms with E-state index in [9.17, 15) is 13.2 Å². The fourth-order valence-corrected chi connectivity index (χ4v) is 0.355. The molecular formula is C6H11F3O. The van der Waals surface area contributed by atoms with Gasteiger partial charge in [0, 0.05) is 0 Å². The molecule has 0 radical (unpaired) electrons. The molecule has 0 amide bonds. The molecule has 0 aromatic carbocycles. The van der Waals surface area contributed by atoms with Crippen molar-refractivity contribution in [2.45, 2.75) is 26.6 Å². The molecule has 0 heterocycles. The molecule has 0 spiro atoms. The van der Waals surface area contributed by atoms with E-state index in [0.29, 0.717) is 6.42 Å². The van der Waals surface area contributed by atoms with Crippen molar-refractivity contribution in [2.75, 3.05) is 6.61 Å². The Labute approximate surface area is 58.2 Å². The second-order valence-electron chi connectivity index (χ2n) is 2.27. The van der Waals surface area contributed by atoms with Gasteiger partial charge >= 0.3 is 6.36 Å². The topological polar surface area (TPSA) is 9.23 Å². The van der Waals surface area contributed by atoms with E-state index < -0.39 is 6.36 Å². The molecule has 0 saturated heterocycles. The summed E-state index contributed by atoms with van der Waals surface area (Å²) in [6.07, 6.45) is -3.76. The fraction of sp³-hybridized carbons (Fsp3) is 1.00. The Bertz CT molecular complexity index is 89.5. The van der Waals surface area contributed by atoms with Crippen molar-refractivity contribution in [3.8, 4) is 0 Å². The summed E-state index contributed by atoms with van der Waals surface area (Å²) < 4.78 is 37.6. The van der Waals surface area contributed by atoms with Gasteiger partial charge in [-0.3, -0.25) is 4.74 Å². The van der Waals surface area contributed by atoms with E-state index in [1.807, 2.05) is 6.92 Å². The van der Waals surface area contributed by atoms with Gasteiger partial charge in [0.1, 0.15) is 0 Å². The van der Waals surface area contributed by atoms with Gasteiger partial charge in [-0.05, 0) is 5.92 Å². The van der Waals surface area contributed by atoms with Crippen molar-refractivity contribution in [2.24, 2.45) is 5.92 Å². The lowest BCUT2D eigenvalue weighted by atomic mass is 10.1. The summed E-state index contributed by atoms with van der Waals surface area (Å²) in [6.45, 7) is 3.30. The Morgan fingerprint density at radius 3 is 2.20 bits per heavy atom. The minimum absolute atomic E-state index is 0.0263. The Morgan fingerprint density at radius 2 is 1.90 bits per heavy atom. The molecule has 0 fully saturated rings. The van der Waals surface area contributed by atoms with Crippen LogP contribution >= 0.6 is 0 Å². The first-order valence-corrected chi connectivity index (χ1v) is 3.16. The van der Waals surface area contributed by atoms with Crippen LogP contribution in [0.1, 0.15) is 20.3 Å². The van der Waals surface area contributed by atoms with Gasteiger partial charge in [0.2, 0.25) is 0 Å². The highest BCUT2D eigenvalue weighted by Crippen LogP contribution is 2.17. The molecular weight excluding hydrogens is 145 g/mol. The van der Waals surface area contributed by atoms with E-state index >= 15 is 0 Å². The average molecular weight is 156 g/mol. The smallest absolute Gasteiger partial charge is 0.292 e. The number of rotatable bonds is 3. The van der Waals surface area contributed by atoms with Crippen molar-refractivity contribution in [1.82, 2.24) is 0 Å². The summed E-state index contributed by atoms with van der Waals surface area (Å²) in [6, 6.07) is 0. The summed E-state index contributed by atoms with van der Waals surface area (Å²) in [4.78, 5) is 0. The Kier molecular flexibility index (Phi) is 3.71. The molecule has 0 rings (SSSR count). The molecule has 0 aliphatic carbocycles. The number of hydrogen-bond donors (Lipinski definition) is 0. The van der Waals surface area contributed by atoms with Crippen LogP contribution < -0.4 is 0 Å². The van der Waals surface area contributed by atoms with Gasteiger partial charge in [0.25, 0.3) is 0 Å². The first-order valence-electron chi connectivity index (χ1n) is 3.16. The van der Waals surface area contributed by atoms with Crippen molar-refractivity contribution < 1.29 is 17.9 Å². The third-order valence-corrected chi connectivity index (χ3v) is 1.23. The molecule has 0 aromatic heterocycles. The van der Waals surface area contributed by atoms with Gasteiger partial charge in [0.05, 0.1) is 6.61 Å². The zero-order valence-electron chi connectivity index (χ0n) is 6.03.